The molecule has 30 heavy (non-hydrogen) atoms. The van der Waals surface area contributed by atoms with Gasteiger partial charge in [0, 0.05) is 17.0 Å². The summed E-state index contributed by atoms with van der Waals surface area (Å²) in [5.74, 6) is 1.93. The van der Waals surface area contributed by atoms with Crippen molar-refractivity contribution in [3.8, 4) is 23.0 Å². The van der Waals surface area contributed by atoms with Gasteiger partial charge in [-0.1, -0.05) is 0 Å². The first kappa shape index (κ1) is 21.4. The lowest BCUT2D eigenvalue weighted by molar-refractivity contribution is 0.102. The Morgan fingerprint density at radius 1 is 1.00 bits per heavy atom. The zero-order valence-corrected chi connectivity index (χ0v) is 18.0. The lowest BCUT2D eigenvalue weighted by Gasteiger charge is -2.15. The van der Waals surface area contributed by atoms with Gasteiger partial charge in [0.15, 0.2) is 11.5 Å². The summed E-state index contributed by atoms with van der Waals surface area (Å²) in [5.41, 5.74) is 3.55. The average molecular weight is 429 g/mol. The molecule has 3 aromatic rings. The zero-order valence-electron chi connectivity index (χ0n) is 17.1. The van der Waals surface area contributed by atoms with Crippen LogP contribution >= 0.6 is 11.3 Å². The van der Waals surface area contributed by atoms with Gasteiger partial charge in [-0.2, -0.15) is 0 Å². The molecule has 0 saturated carbocycles. The van der Waals surface area contributed by atoms with Crippen molar-refractivity contribution in [3.05, 3.63) is 58.5 Å². The molecule has 0 radical (unpaired) electrons. The van der Waals surface area contributed by atoms with E-state index in [-0.39, 0.29) is 5.91 Å². The highest BCUT2D eigenvalue weighted by Crippen LogP contribution is 2.32. The van der Waals surface area contributed by atoms with Gasteiger partial charge >= 0.3 is 0 Å². The number of ether oxygens (including phenoxy) is 4. The molecule has 0 saturated heterocycles. The number of hydrogen-bond donors (Lipinski definition) is 1. The van der Waals surface area contributed by atoms with Gasteiger partial charge < -0.3 is 24.3 Å². The number of rotatable bonds is 10. The molecule has 0 unspecified atom stereocenters. The molecule has 7 nitrogen and oxygen atoms in total. The van der Waals surface area contributed by atoms with Crippen molar-refractivity contribution < 1.29 is 23.7 Å². The summed E-state index contributed by atoms with van der Waals surface area (Å²) in [6, 6.07) is 10.4. The van der Waals surface area contributed by atoms with E-state index in [0.717, 1.165) is 5.69 Å². The highest BCUT2D eigenvalue weighted by Gasteiger charge is 2.15. The van der Waals surface area contributed by atoms with Crippen LogP contribution < -0.4 is 24.3 Å². The lowest BCUT2D eigenvalue weighted by atomic mass is 10.1. The second-order valence-corrected chi connectivity index (χ2v) is 6.83. The van der Waals surface area contributed by atoms with Crippen molar-refractivity contribution in [2.75, 3.05) is 25.6 Å². The predicted molar refractivity (Wildman–Crippen MR) is 116 cm³/mol. The number of anilines is 1. The normalized spacial score (nSPS) is 10.4. The molecule has 1 amide bonds. The van der Waals surface area contributed by atoms with Crippen LogP contribution in [0.5, 0.6) is 23.0 Å². The first-order chi connectivity index (χ1) is 14.6. The molecule has 1 N–H and O–H groups in total. The highest BCUT2D eigenvalue weighted by molar-refractivity contribution is 7.07. The monoisotopic (exact) mass is 428 g/mol. The molecule has 0 fully saturated rings. The number of nitrogens with zero attached hydrogens (tertiary/aromatic N) is 1. The number of aromatic nitrogens is 1. The van der Waals surface area contributed by atoms with Crippen LogP contribution in [0.4, 0.5) is 5.69 Å². The van der Waals surface area contributed by atoms with Crippen LogP contribution in [0.3, 0.4) is 0 Å². The van der Waals surface area contributed by atoms with Gasteiger partial charge in [-0.05, 0) is 44.2 Å². The Morgan fingerprint density at radius 2 is 1.80 bits per heavy atom. The minimum Gasteiger partial charge on any atom is -0.494 e. The minimum absolute atomic E-state index is 0.297. The number of hydrogen-bond acceptors (Lipinski definition) is 7. The minimum atomic E-state index is -0.297. The summed E-state index contributed by atoms with van der Waals surface area (Å²) in [5, 5.41) is 4.80. The largest absolute Gasteiger partial charge is 0.494 e. The van der Waals surface area contributed by atoms with Gasteiger partial charge in [0.05, 0.1) is 37.2 Å². The molecule has 1 heterocycles. The van der Waals surface area contributed by atoms with E-state index in [4.69, 9.17) is 18.9 Å². The van der Waals surface area contributed by atoms with Gasteiger partial charge in [0.25, 0.3) is 5.91 Å². The molecule has 0 aliphatic carbocycles. The smallest absolute Gasteiger partial charge is 0.255 e. The molecular weight excluding hydrogens is 404 g/mol. The number of nitrogens with one attached hydrogen (secondary N) is 1. The average Bonchev–Trinajstić information content (AvgIpc) is 3.28. The van der Waals surface area contributed by atoms with Crippen LogP contribution in [0.1, 0.15) is 29.9 Å². The molecule has 158 valence electrons. The highest BCUT2D eigenvalue weighted by atomic mass is 32.1. The number of carbonyl (C=O) groups is 1. The lowest BCUT2D eigenvalue weighted by Crippen LogP contribution is -2.13. The van der Waals surface area contributed by atoms with E-state index in [2.05, 4.69) is 10.3 Å². The van der Waals surface area contributed by atoms with Crippen molar-refractivity contribution in [2.24, 2.45) is 0 Å². The fourth-order valence-electron chi connectivity index (χ4n) is 2.73. The molecule has 2 aromatic carbocycles. The van der Waals surface area contributed by atoms with E-state index in [9.17, 15) is 4.79 Å². The van der Waals surface area contributed by atoms with E-state index in [1.165, 1.54) is 18.4 Å². The second kappa shape index (κ2) is 10.5. The van der Waals surface area contributed by atoms with Crippen LogP contribution in [-0.2, 0) is 6.61 Å². The molecule has 0 spiro atoms. The van der Waals surface area contributed by atoms with Crippen molar-refractivity contribution in [1.82, 2.24) is 4.98 Å². The van der Waals surface area contributed by atoms with E-state index < -0.39 is 0 Å². The Morgan fingerprint density at radius 3 is 2.50 bits per heavy atom. The fraction of sp³-hybridized carbons (Fsp3) is 0.273. The van der Waals surface area contributed by atoms with Gasteiger partial charge in [-0.3, -0.25) is 4.79 Å². The Bertz CT molecular complexity index is 976. The van der Waals surface area contributed by atoms with Crippen LogP contribution in [-0.4, -0.2) is 31.2 Å². The van der Waals surface area contributed by atoms with Gasteiger partial charge in [-0.15, -0.1) is 11.3 Å². The van der Waals surface area contributed by atoms with Gasteiger partial charge in [0.1, 0.15) is 18.1 Å². The maximum Gasteiger partial charge on any atom is 0.255 e. The number of thiazole rings is 1. The third-order valence-corrected chi connectivity index (χ3v) is 4.73. The molecule has 0 aliphatic rings. The van der Waals surface area contributed by atoms with Gasteiger partial charge in [0.2, 0.25) is 0 Å². The Balaban J connectivity index is 1.77. The quantitative estimate of drug-likeness (QED) is 0.501. The topological polar surface area (TPSA) is 78.9 Å². The second-order valence-electron chi connectivity index (χ2n) is 6.11. The summed E-state index contributed by atoms with van der Waals surface area (Å²) in [7, 11) is 1.53. The summed E-state index contributed by atoms with van der Waals surface area (Å²) in [6.07, 6.45) is 0. The summed E-state index contributed by atoms with van der Waals surface area (Å²) in [6.45, 7) is 5.13. The van der Waals surface area contributed by atoms with Crippen LogP contribution in [0.15, 0.2) is 47.3 Å². The standard InChI is InChI=1S/C22H24N2O5S/c1-4-27-17-7-9-19(28-5-2)18(11-17)24-22(25)15-6-8-20(21(10-15)26-3)29-12-16-13-30-14-23-16/h6-11,13-14H,4-5,12H2,1-3H3,(H,24,25). The summed E-state index contributed by atoms with van der Waals surface area (Å²) < 4.78 is 22.3. The molecule has 0 bridgehead atoms. The van der Waals surface area contributed by atoms with E-state index >= 15 is 0 Å². The number of benzene rings is 2. The van der Waals surface area contributed by atoms with Gasteiger partial charge in [-0.25, -0.2) is 4.98 Å². The summed E-state index contributed by atoms with van der Waals surface area (Å²) >= 11 is 1.51. The van der Waals surface area contributed by atoms with E-state index in [1.54, 1.807) is 35.8 Å². The predicted octanol–water partition coefficient (Wildman–Crippen LogP) is 4.78. The maximum atomic E-state index is 12.9. The molecule has 8 heteroatoms. The first-order valence-electron chi connectivity index (χ1n) is 9.53. The van der Waals surface area contributed by atoms with E-state index in [0.29, 0.717) is 54.1 Å². The number of amides is 1. The fourth-order valence-corrected chi connectivity index (χ4v) is 3.27. The Labute approximate surface area is 179 Å². The molecule has 3 rings (SSSR count). The molecule has 0 aliphatic heterocycles. The SMILES string of the molecule is CCOc1ccc(OCC)c(NC(=O)c2ccc(OCc3cscn3)c(OC)c2)c1. The summed E-state index contributed by atoms with van der Waals surface area (Å²) in [4.78, 5) is 17.0. The molecule has 0 atom stereocenters. The zero-order chi connectivity index (χ0) is 21.3. The number of methoxy groups -OCH3 is 1. The third kappa shape index (κ3) is 5.42. The molecular formula is C22H24N2O5S. The van der Waals surface area contributed by atoms with E-state index in [1.807, 2.05) is 25.3 Å². The Hall–Kier alpha value is -3.26. The van der Waals surface area contributed by atoms with Crippen LogP contribution in [0, 0.1) is 0 Å². The van der Waals surface area contributed by atoms with Crippen molar-refractivity contribution in [3.63, 3.8) is 0 Å². The maximum absolute atomic E-state index is 12.9. The van der Waals surface area contributed by atoms with Crippen molar-refractivity contribution >= 4 is 22.9 Å². The van der Waals surface area contributed by atoms with Crippen LogP contribution in [0.2, 0.25) is 0 Å². The third-order valence-electron chi connectivity index (χ3n) is 4.09. The Kier molecular flexibility index (Phi) is 7.51. The number of carbonyl (C=O) groups excluding carboxylic acids is 1. The van der Waals surface area contributed by atoms with Crippen LogP contribution in [0.25, 0.3) is 0 Å². The first-order valence-corrected chi connectivity index (χ1v) is 10.5. The van der Waals surface area contributed by atoms with Crippen molar-refractivity contribution in [2.45, 2.75) is 20.5 Å². The molecule has 1 aromatic heterocycles. The van der Waals surface area contributed by atoms with Crippen molar-refractivity contribution in [1.29, 1.82) is 0 Å².